The third kappa shape index (κ3) is 2.86. The van der Waals surface area contributed by atoms with Crippen molar-refractivity contribution in [1.82, 2.24) is 25.3 Å². The maximum absolute atomic E-state index is 11.8. The van der Waals surface area contributed by atoms with Crippen LogP contribution in [0.1, 0.15) is 11.4 Å². The smallest absolute Gasteiger partial charge is 0.207 e. The predicted molar refractivity (Wildman–Crippen MR) is 59.4 cm³/mol. The molecule has 0 fully saturated rings. The molecule has 0 saturated carbocycles. The van der Waals surface area contributed by atoms with Gasteiger partial charge in [-0.05, 0) is 19.1 Å². The molecule has 7 nitrogen and oxygen atoms in total. The summed E-state index contributed by atoms with van der Waals surface area (Å²) in [5.41, 5.74) is 1.00. The number of hydrogen-bond acceptors (Lipinski definition) is 5. The summed E-state index contributed by atoms with van der Waals surface area (Å²) in [5, 5.41) is 12.9. The van der Waals surface area contributed by atoms with E-state index in [-0.39, 0.29) is 11.4 Å². The first-order valence-corrected chi connectivity index (χ1v) is 6.35. The molecule has 0 aliphatic rings. The average molecular weight is 253 g/mol. The van der Waals surface area contributed by atoms with E-state index in [1.165, 1.54) is 0 Å². The molecule has 2 N–H and O–H groups in total. The molecule has 0 saturated heterocycles. The molecular formula is C9H11N5O2S. The molecule has 1 aromatic heterocycles. The molecule has 90 valence electrons. The molecule has 0 aliphatic carbocycles. The maximum Gasteiger partial charge on any atom is 0.240 e. The Morgan fingerprint density at radius 1 is 1.29 bits per heavy atom. The van der Waals surface area contributed by atoms with Gasteiger partial charge in [-0.15, -0.1) is 10.2 Å². The highest BCUT2D eigenvalue weighted by Crippen LogP contribution is 2.09. The minimum atomic E-state index is -3.52. The summed E-state index contributed by atoms with van der Waals surface area (Å²) < 4.78 is 26.1. The molecule has 0 atom stereocenters. The molecule has 0 unspecified atom stereocenters. The standard InChI is InChI=1S/C9H11N5O2S/c1-7-2-4-8(5-3-7)17(15,16)10-6-9-11-13-14-12-9/h2-5,10H,6H2,1H3,(H,11,12,13,14). The second-order valence-electron chi connectivity index (χ2n) is 3.47. The average Bonchev–Trinajstić information content (AvgIpc) is 2.80. The van der Waals surface area contributed by atoms with Crippen molar-refractivity contribution in [3.05, 3.63) is 35.7 Å². The molecule has 0 bridgehead atoms. The fourth-order valence-electron chi connectivity index (χ4n) is 1.22. The van der Waals surface area contributed by atoms with E-state index < -0.39 is 10.0 Å². The minimum Gasteiger partial charge on any atom is -0.207 e. The van der Waals surface area contributed by atoms with E-state index in [4.69, 9.17) is 0 Å². The van der Waals surface area contributed by atoms with E-state index in [1.807, 2.05) is 6.92 Å². The zero-order chi connectivity index (χ0) is 12.3. The van der Waals surface area contributed by atoms with Gasteiger partial charge < -0.3 is 0 Å². The van der Waals surface area contributed by atoms with E-state index in [1.54, 1.807) is 24.3 Å². The second-order valence-corrected chi connectivity index (χ2v) is 5.23. The van der Waals surface area contributed by atoms with Crippen molar-refractivity contribution < 1.29 is 8.42 Å². The number of aromatic amines is 1. The Morgan fingerprint density at radius 3 is 2.59 bits per heavy atom. The lowest BCUT2D eigenvalue weighted by molar-refractivity contribution is 0.579. The number of aromatic nitrogens is 4. The van der Waals surface area contributed by atoms with Crippen molar-refractivity contribution in [2.24, 2.45) is 0 Å². The Hall–Kier alpha value is -1.80. The number of H-pyrrole nitrogens is 1. The lowest BCUT2D eigenvalue weighted by Crippen LogP contribution is -2.23. The highest BCUT2D eigenvalue weighted by atomic mass is 32.2. The number of sulfonamides is 1. The van der Waals surface area contributed by atoms with Gasteiger partial charge in [-0.2, -0.15) is 5.21 Å². The molecule has 0 spiro atoms. The van der Waals surface area contributed by atoms with Gasteiger partial charge in [0.15, 0.2) is 5.82 Å². The second kappa shape index (κ2) is 4.60. The molecule has 1 heterocycles. The Labute approximate surface area is 98.3 Å². The fraction of sp³-hybridized carbons (Fsp3) is 0.222. The number of hydrogen-bond donors (Lipinski definition) is 2. The molecule has 2 rings (SSSR count). The van der Waals surface area contributed by atoms with Gasteiger partial charge in [-0.1, -0.05) is 22.9 Å². The summed E-state index contributed by atoms with van der Waals surface area (Å²) in [6.07, 6.45) is 0. The zero-order valence-corrected chi connectivity index (χ0v) is 9.90. The minimum absolute atomic E-state index is 0.00666. The zero-order valence-electron chi connectivity index (χ0n) is 9.08. The van der Waals surface area contributed by atoms with Crippen molar-refractivity contribution in [2.75, 3.05) is 0 Å². The molecule has 0 radical (unpaired) electrons. The Balaban J connectivity index is 2.11. The number of nitrogens with zero attached hydrogens (tertiary/aromatic N) is 3. The maximum atomic E-state index is 11.8. The van der Waals surface area contributed by atoms with Crippen LogP contribution in [0.25, 0.3) is 0 Å². The van der Waals surface area contributed by atoms with Crippen LogP contribution in [-0.2, 0) is 16.6 Å². The van der Waals surface area contributed by atoms with Crippen molar-refractivity contribution in [3.63, 3.8) is 0 Å². The molecule has 0 aliphatic heterocycles. The topological polar surface area (TPSA) is 101 Å². The van der Waals surface area contributed by atoms with Gasteiger partial charge in [0.1, 0.15) is 0 Å². The predicted octanol–water partition coefficient (Wildman–Crippen LogP) is -0.0134. The van der Waals surface area contributed by atoms with Crippen LogP contribution in [-0.4, -0.2) is 29.0 Å². The number of benzene rings is 1. The summed E-state index contributed by atoms with van der Waals surface area (Å²) in [6.45, 7) is 1.90. The molecule has 17 heavy (non-hydrogen) atoms. The van der Waals surface area contributed by atoms with E-state index in [0.29, 0.717) is 5.82 Å². The number of tetrazole rings is 1. The first kappa shape index (κ1) is 11.7. The molecule has 0 amide bonds. The SMILES string of the molecule is Cc1ccc(S(=O)(=O)NCc2nn[nH]n2)cc1. The van der Waals surface area contributed by atoms with Crippen LogP contribution in [0.5, 0.6) is 0 Å². The molecule has 2 aromatic rings. The Kier molecular flexibility index (Phi) is 3.16. The third-order valence-electron chi connectivity index (χ3n) is 2.14. The van der Waals surface area contributed by atoms with E-state index in [2.05, 4.69) is 25.3 Å². The van der Waals surface area contributed by atoms with Crippen LogP contribution < -0.4 is 4.72 Å². The Morgan fingerprint density at radius 2 is 2.00 bits per heavy atom. The van der Waals surface area contributed by atoms with Crippen LogP contribution in [0.4, 0.5) is 0 Å². The number of rotatable bonds is 4. The summed E-state index contributed by atoms with van der Waals surface area (Å²) >= 11 is 0. The molecule has 1 aromatic carbocycles. The summed E-state index contributed by atoms with van der Waals surface area (Å²) in [6, 6.07) is 6.58. The van der Waals surface area contributed by atoms with Crippen molar-refractivity contribution >= 4 is 10.0 Å². The van der Waals surface area contributed by atoms with Gasteiger partial charge in [0.2, 0.25) is 10.0 Å². The number of nitrogens with one attached hydrogen (secondary N) is 2. The van der Waals surface area contributed by atoms with Gasteiger partial charge in [0.05, 0.1) is 11.4 Å². The lowest BCUT2D eigenvalue weighted by atomic mass is 10.2. The van der Waals surface area contributed by atoms with E-state index in [9.17, 15) is 8.42 Å². The van der Waals surface area contributed by atoms with Crippen molar-refractivity contribution in [1.29, 1.82) is 0 Å². The fourth-order valence-corrected chi connectivity index (χ4v) is 2.20. The monoisotopic (exact) mass is 253 g/mol. The van der Waals surface area contributed by atoms with Crippen molar-refractivity contribution in [2.45, 2.75) is 18.4 Å². The molecular weight excluding hydrogens is 242 g/mol. The summed E-state index contributed by atoms with van der Waals surface area (Å²) in [5.74, 6) is 0.292. The quantitative estimate of drug-likeness (QED) is 0.798. The summed E-state index contributed by atoms with van der Waals surface area (Å²) in [7, 11) is -3.52. The highest BCUT2D eigenvalue weighted by molar-refractivity contribution is 7.89. The van der Waals surface area contributed by atoms with Crippen molar-refractivity contribution in [3.8, 4) is 0 Å². The lowest BCUT2D eigenvalue weighted by Gasteiger charge is -2.04. The number of aryl methyl sites for hydroxylation is 1. The van der Waals surface area contributed by atoms with Crippen LogP contribution in [0.3, 0.4) is 0 Å². The van der Waals surface area contributed by atoms with Gasteiger partial charge in [0, 0.05) is 0 Å². The molecule has 8 heteroatoms. The Bertz CT molecular complexity index is 576. The van der Waals surface area contributed by atoms with Gasteiger partial charge in [0.25, 0.3) is 0 Å². The first-order chi connectivity index (χ1) is 8.08. The van der Waals surface area contributed by atoms with Gasteiger partial charge >= 0.3 is 0 Å². The normalized spacial score (nSPS) is 11.6. The summed E-state index contributed by atoms with van der Waals surface area (Å²) in [4.78, 5) is 0.214. The van der Waals surface area contributed by atoms with Gasteiger partial charge in [-0.3, -0.25) is 0 Å². The van der Waals surface area contributed by atoms with E-state index in [0.717, 1.165) is 5.56 Å². The van der Waals surface area contributed by atoms with Crippen LogP contribution in [0.15, 0.2) is 29.2 Å². The van der Waals surface area contributed by atoms with Gasteiger partial charge in [-0.25, -0.2) is 13.1 Å². The third-order valence-corrected chi connectivity index (χ3v) is 3.56. The largest absolute Gasteiger partial charge is 0.240 e. The highest BCUT2D eigenvalue weighted by Gasteiger charge is 2.14. The van der Waals surface area contributed by atoms with E-state index >= 15 is 0 Å². The van der Waals surface area contributed by atoms with Crippen LogP contribution in [0.2, 0.25) is 0 Å². The first-order valence-electron chi connectivity index (χ1n) is 4.86. The van der Waals surface area contributed by atoms with Crippen LogP contribution >= 0.6 is 0 Å². The van der Waals surface area contributed by atoms with Crippen LogP contribution in [0, 0.1) is 6.92 Å².